The lowest BCUT2D eigenvalue weighted by Crippen LogP contribution is -2.59. The third kappa shape index (κ3) is 3.82. The number of rotatable bonds is 4. The number of nitrogens with one attached hydrogen (secondary N) is 1. The first-order valence-electron chi connectivity index (χ1n) is 11.8. The molecule has 0 bridgehead atoms. The number of halogens is 1. The van der Waals surface area contributed by atoms with Gasteiger partial charge in [-0.3, -0.25) is 9.69 Å². The molecule has 0 radical (unpaired) electrons. The second kappa shape index (κ2) is 8.52. The summed E-state index contributed by atoms with van der Waals surface area (Å²) < 4.78 is 19.1. The SMILES string of the molecule is C[C@@H]1CCC[C@@H](C)C12NC(=O)N(CN1CCC[C@H](c3nc(-c4cccc(F)c4)no3)C1)C2=O. The van der Waals surface area contributed by atoms with E-state index in [1.165, 1.54) is 17.0 Å². The van der Waals surface area contributed by atoms with Crippen LogP contribution in [0.2, 0.25) is 0 Å². The quantitative estimate of drug-likeness (QED) is 0.706. The highest BCUT2D eigenvalue weighted by molar-refractivity contribution is 6.07. The topological polar surface area (TPSA) is 91.6 Å². The van der Waals surface area contributed by atoms with Gasteiger partial charge in [0, 0.05) is 12.1 Å². The van der Waals surface area contributed by atoms with E-state index in [-0.39, 0.29) is 42.2 Å². The molecule has 8 nitrogen and oxygen atoms in total. The van der Waals surface area contributed by atoms with Crippen LogP contribution in [0.5, 0.6) is 0 Å². The highest BCUT2D eigenvalue weighted by atomic mass is 19.1. The van der Waals surface area contributed by atoms with Crippen molar-refractivity contribution < 1.29 is 18.5 Å². The zero-order valence-corrected chi connectivity index (χ0v) is 19.1. The Labute approximate surface area is 192 Å². The van der Waals surface area contributed by atoms with Gasteiger partial charge in [0.2, 0.25) is 11.7 Å². The van der Waals surface area contributed by atoms with Crippen LogP contribution in [0.4, 0.5) is 9.18 Å². The number of hydrogen-bond donors (Lipinski definition) is 1. The average molecular weight is 456 g/mol. The minimum absolute atomic E-state index is 0.00388. The Balaban J connectivity index is 1.28. The van der Waals surface area contributed by atoms with Crippen LogP contribution in [0, 0.1) is 17.7 Å². The number of urea groups is 1. The number of nitrogens with zero attached hydrogens (tertiary/aromatic N) is 4. The summed E-state index contributed by atoms with van der Waals surface area (Å²) in [4.78, 5) is 34.3. The Hall–Kier alpha value is -2.81. The highest BCUT2D eigenvalue weighted by Gasteiger charge is 2.58. The lowest BCUT2D eigenvalue weighted by Gasteiger charge is -2.42. The van der Waals surface area contributed by atoms with Crippen LogP contribution in [0.15, 0.2) is 28.8 Å². The summed E-state index contributed by atoms with van der Waals surface area (Å²) in [6.07, 6.45) is 4.74. The first-order valence-corrected chi connectivity index (χ1v) is 11.8. The van der Waals surface area contributed by atoms with Gasteiger partial charge < -0.3 is 9.84 Å². The van der Waals surface area contributed by atoms with E-state index in [1.807, 2.05) is 0 Å². The fraction of sp³-hybridized carbons (Fsp3) is 0.583. The number of amides is 3. The van der Waals surface area contributed by atoms with E-state index < -0.39 is 5.54 Å². The van der Waals surface area contributed by atoms with Crippen molar-refractivity contribution in [3.8, 4) is 11.4 Å². The molecule has 1 saturated carbocycles. The molecule has 0 unspecified atom stereocenters. The number of carbonyl (C=O) groups excluding carboxylic acids is 2. The van der Waals surface area contributed by atoms with E-state index in [2.05, 4.69) is 34.2 Å². The lowest BCUT2D eigenvalue weighted by molar-refractivity contribution is -0.138. The molecule has 1 spiro atoms. The molecule has 33 heavy (non-hydrogen) atoms. The van der Waals surface area contributed by atoms with Crippen LogP contribution in [0.3, 0.4) is 0 Å². The molecule has 1 aliphatic carbocycles. The maximum absolute atomic E-state index is 13.5. The van der Waals surface area contributed by atoms with Crippen LogP contribution in [0.1, 0.15) is 57.8 Å². The zero-order chi connectivity index (χ0) is 23.2. The van der Waals surface area contributed by atoms with Gasteiger partial charge in [-0.25, -0.2) is 14.1 Å². The molecule has 3 atom stereocenters. The van der Waals surface area contributed by atoms with Crippen molar-refractivity contribution in [3.05, 3.63) is 36.0 Å². The monoisotopic (exact) mass is 455 g/mol. The largest absolute Gasteiger partial charge is 0.339 e. The standard InChI is InChI=1S/C24H30FN5O3/c1-15-6-3-7-16(2)24(15)22(31)30(23(32)27-24)14-29-11-5-9-18(13-29)21-26-20(28-33-21)17-8-4-10-19(25)12-17/h4,8,10,12,15-16,18H,3,5-7,9,11,13-14H2,1-2H3,(H,27,32)/t15-,16-,18+/m1/s1. The Kier molecular flexibility index (Phi) is 5.68. The van der Waals surface area contributed by atoms with Crippen molar-refractivity contribution in [3.63, 3.8) is 0 Å². The second-order valence-corrected chi connectivity index (χ2v) is 9.79. The molecule has 5 rings (SSSR count). The van der Waals surface area contributed by atoms with Crippen LogP contribution < -0.4 is 5.32 Å². The van der Waals surface area contributed by atoms with E-state index in [0.29, 0.717) is 23.8 Å². The maximum atomic E-state index is 13.5. The Morgan fingerprint density at radius 1 is 1.18 bits per heavy atom. The highest BCUT2D eigenvalue weighted by Crippen LogP contribution is 2.42. The first kappa shape index (κ1) is 22.0. The Morgan fingerprint density at radius 3 is 2.73 bits per heavy atom. The van der Waals surface area contributed by atoms with Crippen molar-refractivity contribution in [2.45, 2.75) is 57.4 Å². The van der Waals surface area contributed by atoms with Gasteiger partial charge in [0.1, 0.15) is 11.4 Å². The molecule has 2 aromatic rings. The summed E-state index contributed by atoms with van der Waals surface area (Å²) in [7, 11) is 0. The predicted octanol–water partition coefficient (Wildman–Crippen LogP) is 3.76. The molecule has 176 valence electrons. The molecule has 2 saturated heterocycles. The van der Waals surface area contributed by atoms with Gasteiger partial charge in [0.25, 0.3) is 5.91 Å². The Morgan fingerprint density at radius 2 is 1.97 bits per heavy atom. The summed E-state index contributed by atoms with van der Waals surface area (Å²) in [5, 5.41) is 7.10. The van der Waals surface area contributed by atoms with Crippen LogP contribution in [0.25, 0.3) is 11.4 Å². The van der Waals surface area contributed by atoms with Crippen molar-refractivity contribution in [1.82, 2.24) is 25.3 Å². The number of imide groups is 1. The number of piperidine rings is 1. The smallest absolute Gasteiger partial charge is 0.326 e. The van der Waals surface area contributed by atoms with E-state index >= 15 is 0 Å². The minimum Gasteiger partial charge on any atom is -0.339 e. The molecule has 3 fully saturated rings. The molecule has 3 amide bonds. The van der Waals surface area contributed by atoms with E-state index in [4.69, 9.17) is 4.52 Å². The van der Waals surface area contributed by atoms with Crippen molar-refractivity contribution in [2.75, 3.05) is 19.8 Å². The number of carbonyl (C=O) groups is 2. The predicted molar refractivity (Wildman–Crippen MR) is 118 cm³/mol. The lowest BCUT2D eigenvalue weighted by atomic mass is 9.67. The van der Waals surface area contributed by atoms with Gasteiger partial charge >= 0.3 is 6.03 Å². The Bertz CT molecular complexity index is 1050. The summed E-state index contributed by atoms with van der Waals surface area (Å²) in [5.41, 5.74) is -0.213. The molecule has 3 heterocycles. The van der Waals surface area contributed by atoms with Gasteiger partial charge in [-0.05, 0) is 56.2 Å². The second-order valence-electron chi connectivity index (χ2n) is 9.79. The zero-order valence-electron chi connectivity index (χ0n) is 19.1. The van der Waals surface area contributed by atoms with Gasteiger partial charge in [-0.2, -0.15) is 4.98 Å². The van der Waals surface area contributed by atoms with Crippen molar-refractivity contribution >= 4 is 11.9 Å². The van der Waals surface area contributed by atoms with Gasteiger partial charge in [-0.15, -0.1) is 0 Å². The van der Waals surface area contributed by atoms with Crippen LogP contribution in [-0.2, 0) is 4.79 Å². The summed E-state index contributed by atoms with van der Waals surface area (Å²) >= 11 is 0. The number of likely N-dealkylation sites (tertiary alicyclic amines) is 1. The summed E-state index contributed by atoms with van der Waals surface area (Å²) in [6, 6.07) is 5.81. The molecule has 1 aromatic heterocycles. The fourth-order valence-corrected chi connectivity index (χ4v) is 5.81. The number of aromatic nitrogens is 2. The normalized spacial score (nSPS) is 27.8. The number of hydrogen-bond acceptors (Lipinski definition) is 6. The van der Waals surface area contributed by atoms with Crippen LogP contribution >= 0.6 is 0 Å². The average Bonchev–Trinajstić information content (AvgIpc) is 3.38. The number of benzene rings is 1. The molecule has 1 N–H and O–H groups in total. The van der Waals surface area contributed by atoms with E-state index in [9.17, 15) is 14.0 Å². The van der Waals surface area contributed by atoms with Crippen molar-refractivity contribution in [2.24, 2.45) is 11.8 Å². The molecule has 1 aromatic carbocycles. The van der Waals surface area contributed by atoms with Gasteiger partial charge in [0.15, 0.2) is 0 Å². The molecule has 2 aliphatic heterocycles. The molecular weight excluding hydrogens is 425 g/mol. The molecular formula is C24H30FN5O3. The molecule has 3 aliphatic rings. The van der Waals surface area contributed by atoms with Gasteiger partial charge in [0.05, 0.1) is 12.6 Å². The van der Waals surface area contributed by atoms with E-state index in [0.717, 1.165) is 38.6 Å². The van der Waals surface area contributed by atoms with Crippen LogP contribution in [-0.4, -0.2) is 57.2 Å². The third-order valence-corrected chi connectivity index (χ3v) is 7.71. The maximum Gasteiger partial charge on any atom is 0.326 e. The third-order valence-electron chi connectivity index (χ3n) is 7.71. The van der Waals surface area contributed by atoms with Gasteiger partial charge in [-0.1, -0.05) is 37.6 Å². The van der Waals surface area contributed by atoms with E-state index in [1.54, 1.807) is 12.1 Å². The summed E-state index contributed by atoms with van der Waals surface area (Å²) in [6.45, 7) is 5.80. The fourth-order valence-electron chi connectivity index (χ4n) is 5.81. The molecule has 9 heteroatoms. The minimum atomic E-state index is -0.781. The first-order chi connectivity index (χ1) is 15.9. The van der Waals surface area contributed by atoms with Crippen molar-refractivity contribution in [1.29, 1.82) is 0 Å². The summed E-state index contributed by atoms with van der Waals surface area (Å²) in [5.74, 6) is 0.653.